The highest BCUT2D eigenvalue weighted by atomic mass is 32.1. The third kappa shape index (κ3) is 4.48. The maximum Gasteiger partial charge on any atom is 0.258 e. The van der Waals surface area contributed by atoms with Crippen LogP contribution in [0.5, 0.6) is 11.5 Å². The number of nitrogens with zero attached hydrogens (tertiary/aromatic N) is 3. The molecule has 7 heteroatoms. The van der Waals surface area contributed by atoms with Crippen LogP contribution in [0.4, 0.5) is 0 Å². The quantitative estimate of drug-likeness (QED) is 0.592. The largest absolute Gasteiger partial charge is 0.493 e. The molecule has 2 heterocycles. The fourth-order valence-corrected chi connectivity index (χ4v) is 3.99. The van der Waals surface area contributed by atoms with Gasteiger partial charge < -0.3 is 9.47 Å². The molecule has 3 rings (SSSR count). The summed E-state index contributed by atoms with van der Waals surface area (Å²) in [4.78, 5) is 21.1. The van der Waals surface area contributed by atoms with Gasteiger partial charge in [-0.2, -0.15) is 0 Å². The summed E-state index contributed by atoms with van der Waals surface area (Å²) in [5.74, 6) is 1.44. The minimum Gasteiger partial charge on any atom is -0.493 e. The first-order chi connectivity index (χ1) is 13.0. The number of rotatable bonds is 8. The molecule has 0 unspecified atom stereocenters. The summed E-state index contributed by atoms with van der Waals surface area (Å²) in [7, 11) is 3.27. The molecule has 3 aromatic rings. The number of fused-ring (bicyclic) bond motifs is 1. The van der Waals surface area contributed by atoms with E-state index in [1.807, 2.05) is 31.3 Å². The van der Waals surface area contributed by atoms with Crippen LogP contribution in [0.25, 0.3) is 4.96 Å². The van der Waals surface area contributed by atoms with Gasteiger partial charge in [0.25, 0.3) is 5.56 Å². The summed E-state index contributed by atoms with van der Waals surface area (Å²) < 4.78 is 12.3. The van der Waals surface area contributed by atoms with E-state index in [-0.39, 0.29) is 5.56 Å². The van der Waals surface area contributed by atoms with Crippen LogP contribution in [0.1, 0.15) is 29.5 Å². The van der Waals surface area contributed by atoms with Gasteiger partial charge in [-0.05, 0) is 37.6 Å². The lowest BCUT2D eigenvalue weighted by Crippen LogP contribution is -2.25. The van der Waals surface area contributed by atoms with Crippen LogP contribution in [0.3, 0.4) is 0 Å². The van der Waals surface area contributed by atoms with E-state index in [4.69, 9.17) is 9.47 Å². The van der Waals surface area contributed by atoms with E-state index in [9.17, 15) is 4.79 Å². The summed E-state index contributed by atoms with van der Waals surface area (Å²) in [6, 6.07) is 7.59. The first-order valence-electron chi connectivity index (χ1n) is 8.96. The summed E-state index contributed by atoms with van der Waals surface area (Å²) in [5.41, 5.74) is 1.91. The number of aromatic nitrogens is 2. The Morgan fingerprint density at radius 1 is 1.15 bits per heavy atom. The maximum atomic E-state index is 12.3. The van der Waals surface area contributed by atoms with Crippen molar-refractivity contribution in [3.8, 4) is 11.5 Å². The van der Waals surface area contributed by atoms with Gasteiger partial charge in [-0.1, -0.05) is 13.0 Å². The monoisotopic (exact) mass is 387 g/mol. The minimum absolute atomic E-state index is 0.0260. The van der Waals surface area contributed by atoms with Gasteiger partial charge >= 0.3 is 0 Å². The molecule has 2 aromatic heterocycles. The van der Waals surface area contributed by atoms with E-state index < -0.39 is 0 Å². The summed E-state index contributed by atoms with van der Waals surface area (Å²) >= 11 is 1.54. The van der Waals surface area contributed by atoms with Crippen molar-refractivity contribution < 1.29 is 9.47 Å². The van der Waals surface area contributed by atoms with Gasteiger partial charge in [-0.15, -0.1) is 11.3 Å². The van der Waals surface area contributed by atoms with Crippen molar-refractivity contribution in [3.63, 3.8) is 0 Å². The Hall–Kier alpha value is -2.38. The lowest BCUT2D eigenvalue weighted by Gasteiger charge is -2.22. The molecule has 0 N–H and O–H groups in total. The zero-order valence-electron chi connectivity index (χ0n) is 16.2. The fraction of sp³-hybridized carbons (Fsp3) is 0.400. The molecule has 27 heavy (non-hydrogen) atoms. The number of thiazole rings is 1. The molecule has 0 saturated carbocycles. The average molecular weight is 388 g/mol. The van der Waals surface area contributed by atoms with Crippen LogP contribution in [0.15, 0.2) is 35.3 Å². The molecule has 1 aromatic carbocycles. The van der Waals surface area contributed by atoms with E-state index in [1.165, 1.54) is 11.3 Å². The van der Waals surface area contributed by atoms with Crippen molar-refractivity contribution in [2.45, 2.75) is 33.4 Å². The Morgan fingerprint density at radius 2 is 1.93 bits per heavy atom. The third-order valence-corrected chi connectivity index (χ3v) is 5.21. The van der Waals surface area contributed by atoms with E-state index in [1.54, 1.807) is 24.7 Å². The van der Waals surface area contributed by atoms with Crippen molar-refractivity contribution in [1.82, 2.24) is 14.3 Å². The number of ether oxygens (including phenoxy) is 2. The second-order valence-electron chi connectivity index (χ2n) is 6.48. The minimum atomic E-state index is -0.0260. The number of hydrogen-bond donors (Lipinski definition) is 0. The molecule has 144 valence electrons. The smallest absolute Gasteiger partial charge is 0.258 e. The molecule has 0 aliphatic heterocycles. The van der Waals surface area contributed by atoms with E-state index in [0.29, 0.717) is 6.54 Å². The van der Waals surface area contributed by atoms with Gasteiger partial charge in [0.05, 0.1) is 19.9 Å². The first-order valence-corrected chi connectivity index (χ1v) is 9.77. The van der Waals surface area contributed by atoms with Crippen molar-refractivity contribution in [2.75, 3.05) is 20.8 Å². The molecule has 0 aliphatic carbocycles. The SMILES string of the molecule is CCCN(Cc1ccc(OC)c(OC)c1)Cc1cc(=O)n2cc(C)sc2n1. The summed E-state index contributed by atoms with van der Waals surface area (Å²) in [6.07, 6.45) is 2.86. The van der Waals surface area contributed by atoms with Crippen LogP contribution < -0.4 is 15.0 Å². The molecule has 0 saturated heterocycles. The molecule has 0 bridgehead atoms. The molecule has 0 fully saturated rings. The van der Waals surface area contributed by atoms with Gasteiger partial charge in [-0.25, -0.2) is 4.98 Å². The van der Waals surface area contributed by atoms with Crippen molar-refractivity contribution in [2.24, 2.45) is 0 Å². The Morgan fingerprint density at radius 3 is 2.63 bits per heavy atom. The van der Waals surface area contributed by atoms with Gasteiger partial charge in [0, 0.05) is 30.2 Å². The number of aryl methyl sites for hydroxylation is 1. The predicted molar refractivity (Wildman–Crippen MR) is 108 cm³/mol. The second-order valence-corrected chi connectivity index (χ2v) is 7.69. The van der Waals surface area contributed by atoms with Crippen LogP contribution in [-0.4, -0.2) is 35.0 Å². The van der Waals surface area contributed by atoms with Crippen molar-refractivity contribution in [3.05, 3.63) is 57.0 Å². The molecular formula is C20H25N3O3S. The summed E-state index contributed by atoms with van der Waals surface area (Å²) in [5, 5.41) is 0. The zero-order chi connectivity index (χ0) is 19.4. The third-order valence-electron chi connectivity index (χ3n) is 4.32. The molecule has 0 amide bonds. The Bertz CT molecular complexity index is 980. The van der Waals surface area contributed by atoms with Gasteiger partial charge in [0.1, 0.15) is 0 Å². The van der Waals surface area contributed by atoms with Gasteiger partial charge in [-0.3, -0.25) is 14.1 Å². The van der Waals surface area contributed by atoms with E-state index in [2.05, 4.69) is 16.8 Å². The second kappa shape index (κ2) is 8.54. The number of benzene rings is 1. The van der Waals surface area contributed by atoms with Crippen LogP contribution in [0.2, 0.25) is 0 Å². The van der Waals surface area contributed by atoms with Crippen molar-refractivity contribution >= 4 is 16.3 Å². The Labute approximate surface area is 163 Å². The lowest BCUT2D eigenvalue weighted by molar-refractivity contribution is 0.253. The van der Waals surface area contributed by atoms with Crippen molar-refractivity contribution in [1.29, 1.82) is 0 Å². The van der Waals surface area contributed by atoms with Gasteiger partial charge in [0.15, 0.2) is 16.5 Å². The maximum absolute atomic E-state index is 12.3. The Balaban J connectivity index is 1.83. The number of methoxy groups -OCH3 is 2. The molecule has 0 spiro atoms. The molecule has 0 radical (unpaired) electrons. The van der Waals surface area contributed by atoms with Crippen LogP contribution in [-0.2, 0) is 13.1 Å². The average Bonchev–Trinajstić information content (AvgIpc) is 3.02. The van der Waals surface area contributed by atoms with E-state index in [0.717, 1.165) is 52.1 Å². The standard InChI is InChI=1S/C20H25N3O3S/c1-5-8-22(12-15-6-7-17(25-3)18(9-15)26-4)13-16-10-19(24)23-11-14(2)27-20(23)21-16/h6-7,9-11H,5,8,12-13H2,1-4H3. The predicted octanol–water partition coefficient (Wildman–Crippen LogP) is 3.49. The zero-order valence-corrected chi connectivity index (χ0v) is 17.0. The molecule has 0 atom stereocenters. The highest BCUT2D eigenvalue weighted by molar-refractivity contribution is 7.16. The molecule has 0 aliphatic rings. The highest BCUT2D eigenvalue weighted by Gasteiger charge is 2.12. The number of hydrogen-bond acceptors (Lipinski definition) is 6. The highest BCUT2D eigenvalue weighted by Crippen LogP contribution is 2.28. The van der Waals surface area contributed by atoms with Crippen LogP contribution >= 0.6 is 11.3 Å². The summed E-state index contributed by atoms with van der Waals surface area (Å²) in [6.45, 7) is 6.43. The van der Waals surface area contributed by atoms with E-state index >= 15 is 0 Å². The van der Waals surface area contributed by atoms with Crippen LogP contribution in [0, 0.1) is 6.92 Å². The fourth-order valence-electron chi connectivity index (χ4n) is 3.14. The topological polar surface area (TPSA) is 56.1 Å². The first kappa shape index (κ1) is 19.4. The Kier molecular flexibility index (Phi) is 6.13. The molecule has 6 nitrogen and oxygen atoms in total. The lowest BCUT2D eigenvalue weighted by atomic mass is 10.1. The molecular weight excluding hydrogens is 362 g/mol. The normalized spacial score (nSPS) is 11.3. The van der Waals surface area contributed by atoms with Gasteiger partial charge in [0.2, 0.25) is 0 Å².